The largest absolute Gasteiger partial charge is 0.497 e. The Kier molecular flexibility index (Phi) is 11.7. The molecule has 1 amide bonds. The number of anilines is 4. The molecule has 6 N–H and O–H groups in total. The molecule has 0 fully saturated rings. The summed E-state index contributed by atoms with van der Waals surface area (Å²) in [5.41, 5.74) is 8.53. The van der Waals surface area contributed by atoms with Crippen LogP contribution >= 0.6 is 0 Å². The molecular weight excluding hydrogens is 592 g/mol. The number of hydrogen-bond acceptors (Lipinski definition) is 13. The third-order valence-electron chi connectivity index (χ3n) is 6.73. The first-order valence-electron chi connectivity index (χ1n) is 14.9. The zero-order chi connectivity index (χ0) is 32.0. The van der Waals surface area contributed by atoms with Crippen LogP contribution < -0.4 is 41.2 Å². The lowest BCUT2D eigenvalue weighted by atomic mass is 10.2. The van der Waals surface area contributed by atoms with Gasteiger partial charge in [0.05, 0.1) is 33.5 Å². The van der Waals surface area contributed by atoms with Crippen LogP contribution in [-0.2, 0) is 22.6 Å². The Morgan fingerprint density at radius 1 is 0.826 bits per heavy atom. The average Bonchev–Trinajstić information content (AvgIpc) is 3.58. The van der Waals surface area contributed by atoms with E-state index in [4.69, 9.17) is 29.4 Å². The Morgan fingerprint density at radius 3 is 2.28 bits per heavy atom. The summed E-state index contributed by atoms with van der Waals surface area (Å²) in [6, 6.07) is 20.5. The molecule has 0 unspecified atom stereocenters. The third kappa shape index (κ3) is 9.41. The van der Waals surface area contributed by atoms with E-state index in [1.807, 2.05) is 42.5 Å². The summed E-state index contributed by atoms with van der Waals surface area (Å²) in [5, 5.41) is 12.6. The number of nitrogens with one attached hydrogen (secondary N) is 4. The number of rotatable bonds is 18. The Hall–Kier alpha value is -5.18. The van der Waals surface area contributed by atoms with Crippen LogP contribution in [0.3, 0.4) is 0 Å². The lowest BCUT2D eigenvalue weighted by Gasteiger charge is -2.13. The predicted octanol–water partition coefficient (Wildman–Crippen LogP) is 3.30. The fourth-order valence-corrected chi connectivity index (χ4v) is 4.40. The van der Waals surface area contributed by atoms with Crippen molar-refractivity contribution >= 4 is 29.4 Å². The standard InChI is InChI=1S/C32H38N8O6/c1-42-26-11-5-22(6-12-26)19-35-30-38-31(36-20-24-3-2-4-27-28(24)46-21-45-27)40-32(39-30)37-25-9-7-23(8-10-25)29(41)34-14-16-44-18-17-43-15-13-33/h2-12H,13-21,33H2,1H3,(H,34,41)(H3,35,36,37,38,39,40). The summed E-state index contributed by atoms with van der Waals surface area (Å²) in [6.45, 7) is 3.74. The van der Waals surface area contributed by atoms with Crippen molar-refractivity contribution < 1.29 is 28.5 Å². The number of carbonyl (C=O) groups is 1. The molecule has 2 heterocycles. The van der Waals surface area contributed by atoms with E-state index in [0.717, 1.165) is 16.9 Å². The van der Waals surface area contributed by atoms with Gasteiger partial charge in [-0.15, -0.1) is 0 Å². The molecule has 0 saturated carbocycles. The smallest absolute Gasteiger partial charge is 0.251 e. The molecule has 0 aliphatic carbocycles. The quantitative estimate of drug-likeness (QED) is 0.101. The number of carbonyl (C=O) groups excluding carboxylic acids is 1. The molecular formula is C32H38N8O6. The molecule has 5 rings (SSSR count). The molecule has 3 aromatic carbocycles. The molecule has 0 radical (unpaired) electrons. The lowest BCUT2D eigenvalue weighted by molar-refractivity contribution is 0.0511. The topological polar surface area (TPSA) is 176 Å². The highest BCUT2D eigenvalue weighted by molar-refractivity contribution is 5.94. The molecule has 0 atom stereocenters. The molecule has 0 saturated heterocycles. The summed E-state index contributed by atoms with van der Waals surface area (Å²) in [7, 11) is 1.63. The van der Waals surface area contributed by atoms with Gasteiger partial charge in [-0.2, -0.15) is 15.0 Å². The minimum Gasteiger partial charge on any atom is -0.497 e. The Balaban J connectivity index is 1.21. The molecule has 1 aliphatic rings. The number of para-hydroxylation sites is 1. The number of nitrogens with two attached hydrogens (primary N) is 1. The van der Waals surface area contributed by atoms with Gasteiger partial charge in [0.15, 0.2) is 11.5 Å². The van der Waals surface area contributed by atoms with Gasteiger partial charge in [0.25, 0.3) is 5.91 Å². The van der Waals surface area contributed by atoms with Crippen LogP contribution in [0.1, 0.15) is 21.5 Å². The van der Waals surface area contributed by atoms with Crippen LogP contribution in [-0.4, -0.2) is 74.3 Å². The second-order valence-electron chi connectivity index (χ2n) is 9.98. The maximum Gasteiger partial charge on any atom is 0.251 e. The van der Waals surface area contributed by atoms with Gasteiger partial charge >= 0.3 is 0 Å². The number of methoxy groups -OCH3 is 1. The minimum atomic E-state index is -0.201. The van der Waals surface area contributed by atoms with Crippen molar-refractivity contribution in [2.24, 2.45) is 5.73 Å². The summed E-state index contributed by atoms with van der Waals surface area (Å²) >= 11 is 0. The van der Waals surface area contributed by atoms with Crippen LogP contribution in [0.5, 0.6) is 17.2 Å². The molecule has 1 aromatic heterocycles. The second-order valence-corrected chi connectivity index (χ2v) is 9.98. The van der Waals surface area contributed by atoms with Gasteiger partial charge in [0, 0.05) is 43.0 Å². The highest BCUT2D eigenvalue weighted by Gasteiger charge is 2.17. The number of benzene rings is 3. The fraction of sp³-hybridized carbons (Fsp3) is 0.312. The highest BCUT2D eigenvalue weighted by atomic mass is 16.7. The number of amides is 1. The van der Waals surface area contributed by atoms with Crippen molar-refractivity contribution in [3.05, 3.63) is 83.4 Å². The minimum absolute atomic E-state index is 0.187. The third-order valence-corrected chi connectivity index (χ3v) is 6.73. The first kappa shape index (κ1) is 32.2. The van der Waals surface area contributed by atoms with E-state index in [1.165, 1.54) is 0 Å². The summed E-state index contributed by atoms with van der Waals surface area (Å²) in [6.07, 6.45) is 0. The normalized spacial score (nSPS) is 11.6. The van der Waals surface area contributed by atoms with Crippen molar-refractivity contribution in [1.82, 2.24) is 20.3 Å². The molecule has 242 valence electrons. The van der Waals surface area contributed by atoms with Gasteiger partial charge in [-0.25, -0.2) is 0 Å². The number of nitrogens with zero attached hydrogens (tertiary/aromatic N) is 3. The van der Waals surface area contributed by atoms with E-state index in [-0.39, 0.29) is 12.7 Å². The van der Waals surface area contributed by atoms with Crippen LogP contribution in [0.25, 0.3) is 0 Å². The van der Waals surface area contributed by atoms with Gasteiger partial charge < -0.3 is 50.7 Å². The first-order chi connectivity index (χ1) is 22.6. The van der Waals surface area contributed by atoms with Crippen molar-refractivity contribution in [2.45, 2.75) is 13.1 Å². The monoisotopic (exact) mass is 630 g/mol. The summed E-state index contributed by atoms with van der Waals surface area (Å²) in [5.74, 6) is 3.03. The van der Waals surface area contributed by atoms with Crippen molar-refractivity contribution in [1.29, 1.82) is 0 Å². The van der Waals surface area contributed by atoms with E-state index in [2.05, 4.69) is 36.2 Å². The number of aromatic nitrogens is 3. The summed E-state index contributed by atoms with van der Waals surface area (Å²) in [4.78, 5) is 26.3. The Bertz CT molecular complexity index is 1560. The van der Waals surface area contributed by atoms with E-state index >= 15 is 0 Å². The van der Waals surface area contributed by atoms with Crippen molar-refractivity contribution in [3.8, 4) is 17.2 Å². The Morgan fingerprint density at radius 2 is 1.54 bits per heavy atom. The molecule has 14 heteroatoms. The molecule has 4 aromatic rings. The first-order valence-corrected chi connectivity index (χ1v) is 14.9. The fourth-order valence-electron chi connectivity index (χ4n) is 4.40. The second kappa shape index (κ2) is 16.8. The molecule has 0 spiro atoms. The number of fused-ring (bicyclic) bond motifs is 1. The van der Waals surface area contributed by atoms with Crippen molar-refractivity contribution in [2.75, 3.05) is 69.4 Å². The maximum absolute atomic E-state index is 12.6. The predicted molar refractivity (Wildman–Crippen MR) is 173 cm³/mol. The summed E-state index contributed by atoms with van der Waals surface area (Å²) < 4.78 is 27.1. The maximum atomic E-state index is 12.6. The van der Waals surface area contributed by atoms with Gasteiger partial charge in [0.2, 0.25) is 24.6 Å². The zero-order valence-electron chi connectivity index (χ0n) is 25.6. The van der Waals surface area contributed by atoms with E-state index in [0.29, 0.717) is 93.2 Å². The SMILES string of the molecule is COc1ccc(CNc2nc(NCc3cccc4c3OCO4)nc(Nc3ccc(C(=O)NCCOCCOCCN)cc3)n2)cc1. The Labute approximate surface area is 267 Å². The molecule has 0 bridgehead atoms. The lowest BCUT2D eigenvalue weighted by Crippen LogP contribution is -2.27. The zero-order valence-corrected chi connectivity index (χ0v) is 25.6. The van der Waals surface area contributed by atoms with Crippen LogP contribution in [0.2, 0.25) is 0 Å². The highest BCUT2D eigenvalue weighted by Crippen LogP contribution is 2.35. The molecule has 1 aliphatic heterocycles. The van der Waals surface area contributed by atoms with Crippen LogP contribution in [0.4, 0.5) is 23.5 Å². The van der Waals surface area contributed by atoms with Gasteiger partial charge in [-0.3, -0.25) is 4.79 Å². The molecule has 46 heavy (non-hydrogen) atoms. The van der Waals surface area contributed by atoms with Crippen molar-refractivity contribution in [3.63, 3.8) is 0 Å². The number of ether oxygens (including phenoxy) is 5. The van der Waals surface area contributed by atoms with E-state index in [9.17, 15) is 4.79 Å². The van der Waals surface area contributed by atoms with Crippen LogP contribution in [0, 0.1) is 0 Å². The van der Waals surface area contributed by atoms with Gasteiger partial charge in [-0.1, -0.05) is 24.3 Å². The van der Waals surface area contributed by atoms with Gasteiger partial charge in [-0.05, 0) is 48.0 Å². The average molecular weight is 631 g/mol. The van der Waals surface area contributed by atoms with E-state index in [1.54, 1.807) is 31.4 Å². The van der Waals surface area contributed by atoms with Gasteiger partial charge in [0.1, 0.15) is 5.75 Å². The van der Waals surface area contributed by atoms with Crippen LogP contribution in [0.15, 0.2) is 66.7 Å². The molecule has 14 nitrogen and oxygen atoms in total. The number of hydrogen-bond donors (Lipinski definition) is 5. The van der Waals surface area contributed by atoms with E-state index < -0.39 is 0 Å².